The van der Waals surface area contributed by atoms with E-state index >= 15 is 0 Å². The van der Waals surface area contributed by atoms with Gasteiger partial charge in [0, 0.05) is 5.97 Å². The zero-order chi connectivity index (χ0) is 13.6. The Morgan fingerprint density at radius 1 is 0.789 bits per heavy atom. The number of carboxylic acids is 1. The Bertz CT molecular complexity index is 195. The SMILES string of the molecule is CCCCCCCCC(CCCCCC)C(=O)[O-].[Li+]. The van der Waals surface area contributed by atoms with Crippen LogP contribution < -0.4 is 24.0 Å². The zero-order valence-electron chi connectivity index (χ0n) is 13.4. The maximum absolute atomic E-state index is 11.0. The molecular formula is C16H31LiO2. The van der Waals surface area contributed by atoms with Gasteiger partial charge in [-0.05, 0) is 18.8 Å². The Kier molecular flexibility index (Phi) is 18.1. The van der Waals surface area contributed by atoms with E-state index in [1.165, 1.54) is 44.9 Å². The van der Waals surface area contributed by atoms with E-state index in [9.17, 15) is 9.90 Å². The average Bonchev–Trinajstić information content (AvgIpc) is 2.35. The van der Waals surface area contributed by atoms with Gasteiger partial charge in [-0.2, -0.15) is 0 Å². The van der Waals surface area contributed by atoms with Gasteiger partial charge in [-0.1, -0.05) is 78.1 Å². The van der Waals surface area contributed by atoms with Crippen molar-refractivity contribution in [1.82, 2.24) is 0 Å². The molecule has 0 amide bonds. The van der Waals surface area contributed by atoms with Gasteiger partial charge in [0.05, 0.1) is 0 Å². The molecule has 3 heteroatoms. The van der Waals surface area contributed by atoms with Crippen LogP contribution in [0.15, 0.2) is 0 Å². The minimum atomic E-state index is -0.833. The Balaban J connectivity index is 0. The molecule has 0 spiro atoms. The van der Waals surface area contributed by atoms with Crippen LogP contribution >= 0.6 is 0 Å². The summed E-state index contributed by atoms with van der Waals surface area (Å²) in [7, 11) is 0. The first kappa shape index (κ1) is 21.4. The van der Waals surface area contributed by atoms with Gasteiger partial charge in [-0.25, -0.2) is 0 Å². The monoisotopic (exact) mass is 262 g/mol. The first-order chi connectivity index (χ1) is 8.72. The Labute approximate surface area is 131 Å². The molecule has 0 radical (unpaired) electrons. The largest absolute Gasteiger partial charge is 1.00 e. The van der Waals surface area contributed by atoms with E-state index in [1.807, 2.05) is 0 Å². The van der Waals surface area contributed by atoms with Gasteiger partial charge < -0.3 is 9.90 Å². The van der Waals surface area contributed by atoms with Crippen molar-refractivity contribution in [2.24, 2.45) is 5.92 Å². The van der Waals surface area contributed by atoms with Crippen molar-refractivity contribution in [3.05, 3.63) is 0 Å². The molecule has 0 aromatic rings. The van der Waals surface area contributed by atoms with E-state index in [2.05, 4.69) is 13.8 Å². The predicted octanol–water partition coefficient (Wildman–Crippen LogP) is 1.08. The van der Waals surface area contributed by atoms with Crippen molar-refractivity contribution in [2.75, 3.05) is 0 Å². The molecular weight excluding hydrogens is 231 g/mol. The predicted molar refractivity (Wildman–Crippen MR) is 75.2 cm³/mol. The molecule has 1 unspecified atom stereocenters. The normalized spacial score (nSPS) is 11.9. The molecule has 0 fully saturated rings. The summed E-state index contributed by atoms with van der Waals surface area (Å²) in [5.41, 5.74) is 0. The van der Waals surface area contributed by atoms with Gasteiger partial charge >= 0.3 is 18.9 Å². The quantitative estimate of drug-likeness (QED) is 0.368. The van der Waals surface area contributed by atoms with Gasteiger partial charge in [0.25, 0.3) is 0 Å². The summed E-state index contributed by atoms with van der Waals surface area (Å²) in [6.45, 7) is 4.38. The van der Waals surface area contributed by atoms with Crippen LogP contribution in [0.1, 0.15) is 90.9 Å². The average molecular weight is 262 g/mol. The topological polar surface area (TPSA) is 40.1 Å². The summed E-state index contributed by atoms with van der Waals surface area (Å²) in [6.07, 6.45) is 13.6. The van der Waals surface area contributed by atoms with E-state index in [0.717, 1.165) is 32.1 Å². The van der Waals surface area contributed by atoms with Crippen LogP contribution in [0.5, 0.6) is 0 Å². The molecule has 0 aliphatic heterocycles. The van der Waals surface area contributed by atoms with Crippen molar-refractivity contribution in [2.45, 2.75) is 90.9 Å². The third-order valence-corrected chi connectivity index (χ3v) is 3.65. The molecule has 0 aromatic heterocycles. The van der Waals surface area contributed by atoms with Gasteiger partial charge in [-0.3, -0.25) is 0 Å². The molecule has 0 rings (SSSR count). The molecule has 0 heterocycles. The maximum Gasteiger partial charge on any atom is 1.00 e. The number of unbranched alkanes of at least 4 members (excludes halogenated alkanes) is 8. The van der Waals surface area contributed by atoms with Crippen LogP contribution in [-0.2, 0) is 4.79 Å². The Morgan fingerprint density at radius 3 is 1.58 bits per heavy atom. The van der Waals surface area contributed by atoms with E-state index in [-0.39, 0.29) is 24.8 Å². The van der Waals surface area contributed by atoms with Gasteiger partial charge in [0.1, 0.15) is 0 Å². The van der Waals surface area contributed by atoms with Crippen molar-refractivity contribution < 1.29 is 28.8 Å². The second-order valence-corrected chi connectivity index (χ2v) is 5.42. The van der Waals surface area contributed by atoms with Gasteiger partial charge in [-0.15, -0.1) is 0 Å². The number of carbonyl (C=O) groups is 1. The van der Waals surface area contributed by atoms with Gasteiger partial charge in [0.2, 0.25) is 0 Å². The smallest absolute Gasteiger partial charge is 0.550 e. The fourth-order valence-electron chi connectivity index (χ4n) is 2.37. The van der Waals surface area contributed by atoms with Crippen molar-refractivity contribution in [3.63, 3.8) is 0 Å². The van der Waals surface area contributed by atoms with E-state index in [0.29, 0.717) is 0 Å². The molecule has 0 aliphatic carbocycles. The first-order valence-corrected chi connectivity index (χ1v) is 7.93. The third kappa shape index (κ3) is 14.3. The summed E-state index contributed by atoms with van der Waals surface area (Å²) in [5.74, 6) is -1.03. The molecule has 1 atom stereocenters. The summed E-state index contributed by atoms with van der Waals surface area (Å²) in [4.78, 5) is 11.0. The van der Waals surface area contributed by atoms with Crippen LogP contribution in [0.25, 0.3) is 0 Å². The number of hydrogen-bond acceptors (Lipinski definition) is 2. The van der Waals surface area contributed by atoms with Crippen LogP contribution in [-0.4, -0.2) is 5.97 Å². The molecule has 0 aromatic carbocycles. The molecule has 0 saturated heterocycles. The second kappa shape index (κ2) is 16.1. The third-order valence-electron chi connectivity index (χ3n) is 3.65. The fraction of sp³-hybridized carbons (Fsp3) is 0.938. The maximum atomic E-state index is 11.0. The molecule has 19 heavy (non-hydrogen) atoms. The number of hydrogen-bond donors (Lipinski definition) is 0. The molecule has 0 aliphatic rings. The fourth-order valence-corrected chi connectivity index (χ4v) is 2.37. The van der Waals surface area contributed by atoms with Gasteiger partial charge in [0.15, 0.2) is 0 Å². The number of carbonyl (C=O) groups excluding carboxylic acids is 1. The van der Waals surface area contributed by atoms with Crippen LogP contribution in [0.4, 0.5) is 0 Å². The van der Waals surface area contributed by atoms with Crippen LogP contribution in [0.3, 0.4) is 0 Å². The Hall–Kier alpha value is 0.0674. The number of rotatable bonds is 13. The summed E-state index contributed by atoms with van der Waals surface area (Å²) >= 11 is 0. The van der Waals surface area contributed by atoms with Crippen LogP contribution in [0.2, 0.25) is 0 Å². The van der Waals surface area contributed by atoms with Crippen molar-refractivity contribution >= 4 is 5.97 Å². The molecule has 108 valence electrons. The summed E-state index contributed by atoms with van der Waals surface area (Å²) in [6, 6.07) is 0. The van der Waals surface area contributed by atoms with E-state index in [1.54, 1.807) is 0 Å². The first-order valence-electron chi connectivity index (χ1n) is 7.93. The standard InChI is InChI=1S/C16H32O2.Li/c1-3-5-7-9-10-12-14-15(16(17)18)13-11-8-6-4-2;/h15H,3-14H2,1-2H3,(H,17,18);/q;+1/p-1. The van der Waals surface area contributed by atoms with Crippen molar-refractivity contribution in [3.8, 4) is 0 Å². The Morgan fingerprint density at radius 2 is 1.16 bits per heavy atom. The van der Waals surface area contributed by atoms with E-state index < -0.39 is 5.97 Å². The molecule has 2 nitrogen and oxygen atoms in total. The number of aliphatic carboxylic acids is 1. The minimum Gasteiger partial charge on any atom is -0.550 e. The molecule has 0 bridgehead atoms. The summed E-state index contributed by atoms with van der Waals surface area (Å²) < 4.78 is 0. The molecule has 0 N–H and O–H groups in total. The number of carboxylic acid groups (broad SMARTS) is 1. The van der Waals surface area contributed by atoms with E-state index in [4.69, 9.17) is 0 Å². The second-order valence-electron chi connectivity index (χ2n) is 5.42. The van der Waals surface area contributed by atoms with Crippen LogP contribution in [0, 0.1) is 5.92 Å². The zero-order valence-corrected chi connectivity index (χ0v) is 13.4. The minimum absolute atomic E-state index is 0. The molecule has 0 saturated carbocycles. The van der Waals surface area contributed by atoms with Crippen molar-refractivity contribution in [1.29, 1.82) is 0 Å². The summed E-state index contributed by atoms with van der Waals surface area (Å²) in [5, 5.41) is 11.0.